The molecule has 0 aromatic rings. The van der Waals surface area contributed by atoms with Crippen LogP contribution in [-0.2, 0) is 14.4 Å². The maximum absolute atomic E-state index is 11.5. The summed E-state index contributed by atoms with van der Waals surface area (Å²) in [7, 11) is 0. The fourth-order valence-electron chi connectivity index (χ4n) is 1.16. The number of aliphatic carboxylic acids is 2. The summed E-state index contributed by atoms with van der Waals surface area (Å²) in [6.45, 7) is 4.10. The third kappa shape index (κ3) is 6.31. The summed E-state index contributed by atoms with van der Waals surface area (Å²) in [5.41, 5.74) is 0. The lowest BCUT2D eigenvalue weighted by atomic mass is 10.2. The molecule has 7 nitrogen and oxygen atoms in total. The molecule has 7 heteroatoms. The van der Waals surface area contributed by atoms with Crippen LogP contribution in [0.15, 0.2) is 12.7 Å². The predicted octanol–water partition coefficient (Wildman–Crippen LogP) is -0.852. The molecule has 96 valence electrons. The minimum absolute atomic E-state index is 0.247. The van der Waals surface area contributed by atoms with Crippen molar-refractivity contribution in [3.05, 3.63) is 12.7 Å². The van der Waals surface area contributed by atoms with E-state index in [0.29, 0.717) is 0 Å². The molecule has 1 amide bonds. The van der Waals surface area contributed by atoms with Crippen LogP contribution in [0.25, 0.3) is 0 Å². The Morgan fingerprint density at radius 3 is 2.12 bits per heavy atom. The maximum atomic E-state index is 11.5. The van der Waals surface area contributed by atoms with Crippen molar-refractivity contribution in [1.29, 1.82) is 0 Å². The monoisotopic (exact) mass is 244 g/mol. The summed E-state index contributed by atoms with van der Waals surface area (Å²) in [6.07, 6.45) is 1.48. The fourth-order valence-corrected chi connectivity index (χ4v) is 1.16. The molecule has 17 heavy (non-hydrogen) atoms. The molecule has 0 rings (SSSR count). The molecule has 0 radical (unpaired) electrons. The van der Waals surface area contributed by atoms with Gasteiger partial charge in [-0.2, -0.15) is 0 Å². The molecule has 0 bridgehead atoms. The Hall–Kier alpha value is -1.89. The van der Waals surface area contributed by atoms with Crippen LogP contribution in [0.5, 0.6) is 0 Å². The summed E-state index contributed by atoms with van der Waals surface area (Å²) in [5, 5.41) is 19.7. The molecule has 0 spiro atoms. The highest BCUT2D eigenvalue weighted by atomic mass is 16.4. The van der Waals surface area contributed by atoms with Crippen LogP contribution in [0.3, 0.4) is 0 Å². The van der Waals surface area contributed by atoms with Crippen molar-refractivity contribution < 1.29 is 24.6 Å². The van der Waals surface area contributed by atoms with Crippen molar-refractivity contribution in [1.82, 2.24) is 10.2 Å². The minimum Gasteiger partial charge on any atom is -0.480 e. The Labute approximate surface area is 98.7 Å². The topological polar surface area (TPSA) is 107 Å². The lowest BCUT2D eigenvalue weighted by Gasteiger charge is -2.24. The van der Waals surface area contributed by atoms with E-state index in [0.717, 1.165) is 4.90 Å². The highest BCUT2D eigenvalue weighted by Gasteiger charge is 2.24. The van der Waals surface area contributed by atoms with Gasteiger partial charge in [-0.05, 0) is 6.92 Å². The van der Waals surface area contributed by atoms with E-state index in [1.165, 1.54) is 13.0 Å². The van der Waals surface area contributed by atoms with Gasteiger partial charge in [0.2, 0.25) is 5.91 Å². The summed E-state index contributed by atoms with van der Waals surface area (Å²) >= 11 is 0. The van der Waals surface area contributed by atoms with Gasteiger partial charge >= 0.3 is 11.9 Å². The number of carboxylic acid groups (broad SMARTS) is 2. The van der Waals surface area contributed by atoms with Crippen molar-refractivity contribution >= 4 is 17.8 Å². The van der Waals surface area contributed by atoms with E-state index in [1.807, 2.05) is 0 Å². The van der Waals surface area contributed by atoms with Crippen molar-refractivity contribution in [3.8, 4) is 0 Å². The Morgan fingerprint density at radius 1 is 1.29 bits per heavy atom. The van der Waals surface area contributed by atoms with Gasteiger partial charge in [0.15, 0.2) is 0 Å². The summed E-state index contributed by atoms with van der Waals surface area (Å²) in [5.74, 6) is -2.81. The first kappa shape index (κ1) is 15.1. The molecule has 0 saturated heterocycles. The van der Waals surface area contributed by atoms with Crippen molar-refractivity contribution in [3.63, 3.8) is 0 Å². The van der Waals surface area contributed by atoms with Crippen LogP contribution in [-0.4, -0.2) is 58.6 Å². The highest BCUT2D eigenvalue weighted by Crippen LogP contribution is 1.99. The molecule has 0 aromatic heterocycles. The number of carboxylic acids is 2. The predicted molar refractivity (Wildman–Crippen MR) is 59.5 cm³/mol. The molecule has 0 aliphatic rings. The Kier molecular flexibility index (Phi) is 6.57. The second-order valence-corrected chi connectivity index (χ2v) is 3.40. The van der Waals surface area contributed by atoms with E-state index in [1.54, 1.807) is 0 Å². The van der Waals surface area contributed by atoms with Crippen molar-refractivity contribution in [2.24, 2.45) is 0 Å². The van der Waals surface area contributed by atoms with E-state index in [-0.39, 0.29) is 6.54 Å². The van der Waals surface area contributed by atoms with E-state index in [2.05, 4.69) is 11.9 Å². The lowest BCUT2D eigenvalue weighted by molar-refractivity contribution is -0.143. The fraction of sp³-hybridized carbons (Fsp3) is 0.500. The molecular formula is C10H16N2O5. The standard InChI is InChI=1S/C10H16N2O5/c1-3-4-11-10(17)7(2)12(5-8(13)14)6-9(15)16/h3,7H,1,4-6H2,2H3,(H,11,17)(H,13,14)(H,15,16). The maximum Gasteiger partial charge on any atom is 0.317 e. The summed E-state index contributed by atoms with van der Waals surface area (Å²) in [6, 6.07) is -0.831. The van der Waals surface area contributed by atoms with Gasteiger partial charge in [-0.3, -0.25) is 19.3 Å². The SMILES string of the molecule is C=CCNC(=O)C(C)N(CC(=O)O)CC(=O)O. The molecular weight excluding hydrogens is 228 g/mol. The summed E-state index contributed by atoms with van der Waals surface area (Å²) in [4.78, 5) is 33.7. The van der Waals surface area contributed by atoms with Gasteiger partial charge in [-0.1, -0.05) is 6.08 Å². The van der Waals surface area contributed by atoms with Gasteiger partial charge in [0.05, 0.1) is 19.1 Å². The molecule has 0 aliphatic heterocycles. The van der Waals surface area contributed by atoms with Crippen LogP contribution in [0.4, 0.5) is 0 Å². The number of hydrogen-bond donors (Lipinski definition) is 3. The zero-order chi connectivity index (χ0) is 13.4. The number of amides is 1. The van der Waals surface area contributed by atoms with Gasteiger partial charge in [0.1, 0.15) is 0 Å². The third-order valence-corrected chi connectivity index (χ3v) is 2.02. The van der Waals surface area contributed by atoms with E-state index in [4.69, 9.17) is 10.2 Å². The van der Waals surface area contributed by atoms with Gasteiger partial charge in [-0.25, -0.2) is 0 Å². The quantitative estimate of drug-likeness (QED) is 0.480. The number of carbonyl (C=O) groups excluding carboxylic acids is 1. The molecule has 0 aliphatic carbocycles. The van der Waals surface area contributed by atoms with Gasteiger partial charge < -0.3 is 15.5 Å². The van der Waals surface area contributed by atoms with Crippen LogP contribution in [0.1, 0.15) is 6.92 Å². The first-order valence-electron chi connectivity index (χ1n) is 4.94. The molecule has 1 unspecified atom stereocenters. The Bertz CT molecular complexity index is 300. The second-order valence-electron chi connectivity index (χ2n) is 3.40. The zero-order valence-corrected chi connectivity index (χ0v) is 9.55. The third-order valence-electron chi connectivity index (χ3n) is 2.02. The van der Waals surface area contributed by atoms with Crippen molar-refractivity contribution in [2.75, 3.05) is 19.6 Å². The molecule has 0 aromatic carbocycles. The number of carbonyl (C=O) groups is 3. The number of nitrogens with zero attached hydrogens (tertiary/aromatic N) is 1. The number of nitrogens with one attached hydrogen (secondary N) is 1. The molecule has 0 saturated carbocycles. The largest absolute Gasteiger partial charge is 0.480 e. The zero-order valence-electron chi connectivity index (χ0n) is 9.55. The minimum atomic E-state index is -1.19. The van der Waals surface area contributed by atoms with E-state index < -0.39 is 37.0 Å². The van der Waals surface area contributed by atoms with E-state index >= 15 is 0 Å². The van der Waals surface area contributed by atoms with Crippen molar-refractivity contribution in [2.45, 2.75) is 13.0 Å². The van der Waals surface area contributed by atoms with E-state index in [9.17, 15) is 14.4 Å². The molecule has 3 N–H and O–H groups in total. The average Bonchev–Trinajstić information content (AvgIpc) is 2.22. The Balaban J connectivity index is 4.54. The van der Waals surface area contributed by atoms with Crippen LogP contribution >= 0.6 is 0 Å². The van der Waals surface area contributed by atoms with Gasteiger partial charge in [-0.15, -0.1) is 6.58 Å². The number of rotatable bonds is 8. The summed E-state index contributed by atoms with van der Waals surface area (Å²) < 4.78 is 0. The Morgan fingerprint density at radius 2 is 1.76 bits per heavy atom. The molecule has 1 atom stereocenters. The first-order chi connectivity index (χ1) is 7.88. The highest BCUT2D eigenvalue weighted by molar-refractivity contribution is 5.83. The van der Waals surface area contributed by atoms with Gasteiger partial charge in [0, 0.05) is 6.54 Å². The molecule has 0 heterocycles. The molecule has 0 fully saturated rings. The first-order valence-corrected chi connectivity index (χ1v) is 4.94. The average molecular weight is 244 g/mol. The lowest BCUT2D eigenvalue weighted by Crippen LogP contribution is -2.49. The van der Waals surface area contributed by atoms with Crippen LogP contribution in [0, 0.1) is 0 Å². The van der Waals surface area contributed by atoms with Crippen LogP contribution in [0.2, 0.25) is 0 Å². The smallest absolute Gasteiger partial charge is 0.317 e. The normalized spacial score (nSPS) is 11.9. The number of hydrogen-bond acceptors (Lipinski definition) is 4. The second kappa shape index (κ2) is 7.39. The van der Waals surface area contributed by atoms with Crippen LogP contribution < -0.4 is 5.32 Å². The van der Waals surface area contributed by atoms with Gasteiger partial charge in [0.25, 0.3) is 0 Å².